The molecule has 0 unspecified atom stereocenters. The van der Waals surface area contributed by atoms with Gasteiger partial charge in [-0.05, 0) is 19.8 Å². The van der Waals surface area contributed by atoms with Crippen LogP contribution >= 0.6 is 0 Å². The second-order valence-corrected chi connectivity index (χ2v) is 4.36. The maximum atomic E-state index is 11.6. The zero-order chi connectivity index (χ0) is 13.0. The molecule has 1 aliphatic rings. The number of nitrogens with zero attached hydrogens (tertiary/aromatic N) is 2. The largest absolute Gasteiger partial charge is 0.354 e. The fourth-order valence-corrected chi connectivity index (χ4v) is 1.45. The van der Waals surface area contributed by atoms with E-state index < -0.39 is 0 Å². The third-order valence-electron chi connectivity index (χ3n) is 2.67. The number of carbonyl (C=O) groups excluding carboxylic acids is 2. The van der Waals surface area contributed by atoms with Crippen LogP contribution in [0.15, 0.2) is 12.4 Å². The molecule has 2 amide bonds. The molecule has 0 saturated heterocycles. The molecule has 1 saturated carbocycles. The zero-order valence-electron chi connectivity index (χ0n) is 10.3. The fourth-order valence-electron chi connectivity index (χ4n) is 1.45. The van der Waals surface area contributed by atoms with E-state index in [1.165, 1.54) is 6.20 Å². The molecule has 0 aliphatic heterocycles. The number of aryl methyl sites for hydroxylation is 1. The SMILES string of the molecule is Cc1cnc(C(=O)NCCNC(=O)C2CC2)cn1. The molecule has 1 aromatic rings. The molecule has 0 bridgehead atoms. The first-order valence-corrected chi connectivity index (χ1v) is 6.01. The van der Waals surface area contributed by atoms with Gasteiger partial charge in [0.2, 0.25) is 5.91 Å². The van der Waals surface area contributed by atoms with E-state index in [-0.39, 0.29) is 23.4 Å². The normalized spacial score (nSPS) is 14.1. The minimum Gasteiger partial charge on any atom is -0.354 e. The van der Waals surface area contributed by atoms with Crippen LogP contribution < -0.4 is 10.6 Å². The van der Waals surface area contributed by atoms with Crippen molar-refractivity contribution >= 4 is 11.8 Å². The van der Waals surface area contributed by atoms with E-state index >= 15 is 0 Å². The number of rotatable bonds is 5. The summed E-state index contributed by atoms with van der Waals surface area (Å²) in [7, 11) is 0. The van der Waals surface area contributed by atoms with Gasteiger partial charge in [-0.3, -0.25) is 14.6 Å². The molecule has 1 aliphatic carbocycles. The van der Waals surface area contributed by atoms with Gasteiger partial charge in [0.15, 0.2) is 0 Å². The Morgan fingerprint density at radius 1 is 1.22 bits per heavy atom. The molecule has 96 valence electrons. The molecule has 18 heavy (non-hydrogen) atoms. The molecule has 1 heterocycles. The quantitative estimate of drug-likeness (QED) is 0.721. The molecule has 2 rings (SSSR count). The van der Waals surface area contributed by atoms with E-state index in [1.807, 2.05) is 6.92 Å². The van der Waals surface area contributed by atoms with E-state index in [0.717, 1.165) is 18.5 Å². The lowest BCUT2D eigenvalue weighted by atomic mass is 10.4. The fraction of sp³-hybridized carbons (Fsp3) is 0.500. The van der Waals surface area contributed by atoms with Gasteiger partial charge < -0.3 is 10.6 Å². The molecular weight excluding hydrogens is 232 g/mol. The molecule has 0 atom stereocenters. The van der Waals surface area contributed by atoms with Crippen molar-refractivity contribution < 1.29 is 9.59 Å². The van der Waals surface area contributed by atoms with Crippen molar-refractivity contribution in [3.63, 3.8) is 0 Å². The summed E-state index contributed by atoms with van der Waals surface area (Å²) in [5, 5.41) is 5.45. The number of amides is 2. The highest BCUT2D eigenvalue weighted by atomic mass is 16.2. The summed E-state index contributed by atoms with van der Waals surface area (Å²) in [4.78, 5) is 30.9. The van der Waals surface area contributed by atoms with Gasteiger partial charge in [0.25, 0.3) is 5.91 Å². The molecule has 1 aromatic heterocycles. The predicted octanol–water partition coefficient (Wildman–Crippen LogP) is 0.0410. The molecule has 0 aromatic carbocycles. The van der Waals surface area contributed by atoms with Gasteiger partial charge in [-0.1, -0.05) is 0 Å². The van der Waals surface area contributed by atoms with Crippen LogP contribution in [-0.2, 0) is 4.79 Å². The number of hydrogen-bond donors (Lipinski definition) is 2. The van der Waals surface area contributed by atoms with Gasteiger partial charge in [-0.25, -0.2) is 4.98 Å². The van der Waals surface area contributed by atoms with E-state index in [2.05, 4.69) is 20.6 Å². The zero-order valence-corrected chi connectivity index (χ0v) is 10.3. The standard InChI is InChI=1S/C12H16N4O2/c1-8-6-16-10(7-15-8)12(18)14-5-4-13-11(17)9-2-3-9/h6-7,9H,2-5H2,1H3,(H,13,17)(H,14,18). The smallest absolute Gasteiger partial charge is 0.271 e. The Bertz CT molecular complexity index is 440. The highest BCUT2D eigenvalue weighted by Crippen LogP contribution is 2.28. The Labute approximate surface area is 105 Å². The molecule has 0 spiro atoms. The van der Waals surface area contributed by atoms with Gasteiger partial charge in [-0.15, -0.1) is 0 Å². The number of carbonyl (C=O) groups is 2. The van der Waals surface area contributed by atoms with Crippen LogP contribution in [0, 0.1) is 12.8 Å². The first-order valence-electron chi connectivity index (χ1n) is 6.01. The van der Waals surface area contributed by atoms with Crippen molar-refractivity contribution in [2.45, 2.75) is 19.8 Å². The van der Waals surface area contributed by atoms with Crippen LogP contribution in [0.2, 0.25) is 0 Å². The van der Waals surface area contributed by atoms with Gasteiger partial charge in [0, 0.05) is 25.2 Å². The van der Waals surface area contributed by atoms with Crippen LogP contribution in [0.4, 0.5) is 0 Å². The summed E-state index contributed by atoms with van der Waals surface area (Å²) in [6.45, 7) is 2.65. The third-order valence-corrected chi connectivity index (χ3v) is 2.67. The van der Waals surface area contributed by atoms with Crippen molar-refractivity contribution in [3.8, 4) is 0 Å². The van der Waals surface area contributed by atoms with Gasteiger partial charge in [-0.2, -0.15) is 0 Å². The number of aromatic nitrogens is 2. The first kappa shape index (κ1) is 12.5. The Morgan fingerprint density at radius 3 is 2.56 bits per heavy atom. The molecule has 2 N–H and O–H groups in total. The van der Waals surface area contributed by atoms with E-state index in [0.29, 0.717) is 13.1 Å². The lowest BCUT2D eigenvalue weighted by Crippen LogP contribution is -2.35. The first-order chi connectivity index (χ1) is 8.66. The second kappa shape index (κ2) is 5.57. The second-order valence-electron chi connectivity index (χ2n) is 4.36. The lowest BCUT2D eigenvalue weighted by molar-refractivity contribution is -0.122. The minimum atomic E-state index is -0.275. The number of hydrogen-bond acceptors (Lipinski definition) is 4. The summed E-state index contributed by atoms with van der Waals surface area (Å²) < 4.78 is 0. The van der Waals surface area contributed by atoms with Gasteiger partial charge in [0.05, 0.1) is 11.9 Å². The van der Waals surface area contributed by atoms with Crippen molar-refractivity contribution in [3.05, 3.63) is 23.8 Å². The summed E-state index contributed by atoms with van der Waals surface area (Å²) in [6.07, 6.45) is 4.95. The Balaban J connectivity index is 1.68. The summed E-state index contributed by atoms with van der Waals surface area (Å²) in [5.41, 5.74) is 1.05. The Hall–Kier alpha value is -1.98. The third kappa shape index (κ3) is 3.51. The van der Waals surface area contributed by atoms with Crippen molar-refractivity contribution in [1.29, 1.82) is 0 Å². The van der Waals surface area contributed by atoms with Gasteiger partial charge >= 0.3 is 0 Å². The number of nitrogens with one attached hydrogen (secondary N) is 2. The molecule has 6 heteroatoms. The molecule has 0 radical (unpaired) electrons. The van der Waals surface area contributed by atoms with Crippen LogP contribution in [-0.4, -0.2) is 34.9 Å². The van der Waals surface area contributed by atoms with Crippen LogP contribution in [0.3, 0.4) is 0 Å². The van der Waals surface area contributed by atoms with Crippen molar-refractivity contribution in [2.75, 3.05) is 13.1 Å². The van der Waals surface area contributed by atoms with E-state index in [4.69, 9.17) is 0 Å². The van der Waals surface area contributed by atoms with Crippen LogP contribution in [0.25, 0.3) is 0 Å². The lowest BCUT2D eigenvalue weighted by Gasteiger charge is -2.06. The molecule has 1 fully saturated rings. The monoisotopic (exact) mass is 248 g/mol. The Morgan fingerprint density at radius 2 is 1.94 bits per heavy atom. The molecular formula is C12H16N4O2. The van der Waals surface area contributed by atoms with Crippen molar-refractivity contribution in [2.24, 2.45) is 5.92 Å². The highest BCUT2D eigenvalue weighted by molar-refractivity contribution is 5.91. The summed E-state index contributed by atoms with van der Waals surface area (Å²) in [6, 6.07) is 0. The van der Waals surface area contributed by atoms with E-state index in [9.17, 15) is 9.59 Å². The topological polar surface area (TPSA) is 84.0 Å². The van der Waals surface area contributed by atoms with Crippen molar-refractivity contribution in [1.82, 2.24) is 20.6 Å². The Kier molecular flexibility index (Phi) is 3.86. The maximum Gasteiger partial charge on any atom is 0.271 e. The maximum absolute atomic E-state index is 11.6. The van der Waals surface area contributed by atoms with Crippen LogP contribution in [0.5, 0.6) is 0 Å². The molecule has 6 nitrogen and oxygen atoms in total. The van der Waals surface area contributed by atoms with E-state index in [1.54, 1.807) is 6.20 Å². The summed E-state index contributed by atoms with van der Waals surface area (Å²) >= 11 is 0. The summed E-state index contributed by atoms with van der Waals surface area (Å²) in [5.74, 6) is 0.00575. The van der Waals surface area contributed by atoms with Crippen LogP contribution in [0.1, 0.15) is 29.0 Å². The van der Waals surface area contributed by atoms with Gasteiger partial charge in [0.1, 0.15) is 5.69 Å². The highest BCUT2D eigenvalue weighted by Gasteiger charge is 2.28. The average Bonchev–Trinajstić information content (AvgIpc) is 3.19. The predicted molar refractivity (Wildman–Crippen MR) is 64.8 cm³/mol. The average molecular weight is 248 g/mol. The minimum absolute atomic E-state index is 0.0828.